The molecule has 0 radical (unpaired) electrons. The Labute approximate surface area is 228 Å². The summed E-state index contributed by atoms with van der Waals surface area (Å²) in [4.78, 5) is 33.4. The number of piperidine rings is 2. The highest BCUT2D eigenvalue weighted by atomic mass is 35.5. The first kappa shape index (κ1) is 26.6. The Morgan fingerprint density at radius 1 is 1.26 bits per heavy atom. The zero-order chi connectivity index (χ0) is 27.0. The van der Waals surface area contributed by atoms with Crippen LogP contribution in [0.1, 0.15) is 49.7 Å². The number of halogens is 1. The van der Waals surface area contributed by atoms with Crippen molar-refractivity contribution in [2.75, 3.05) is 31.1 Å². The fourth-order valence-electron chi connectivity index (χ4n) is 5.50. The fraction of sp³-hybridized carbons (Fsp3) is 0.536. The lowest BCUT2D eigenvalue weighted by Gasteiger charge is -2.47. The van der Waals surface area contributed by atoms with Gasteiger partial charge < -0.3 is 29.7 Å². The molecule has 1 aromatic carbocycles. The maximum atomic E-state index is 13.0. The molecule has 2 N–H and O–H groups in total. The third-order valence-electron chi connectivity index (χ3n) is 8.36. The van der Waals surface area contributed by atoms with Crippen LogP contribution in [0.3, 0.4) is 0 Å². The van der Waals surface area contributed by atoms with Crippen molar-refractivity contribution in [2.45, 2.75) is 57.9 Å². The number of anilines is 1. The van der Waals surface area contributed by atoms with E-state index in [1.165, 1.54) is 0 Å². The van der Waals surface area contributed by atoms with Crippen molar-refractivity contribution >= 4 is 29.3 Å². The third kappa shape index (κ3) is 5.40. The summed E-state index contributed by atoms with van der Waals surface area (Å²) >= 11 is 5.96. The van der Waals surface area contributed by atoms with Crippen molar-refractivity contribution in [1.29, 1.82) is 0 Å². The molecule has 3 aliphatic rings. The Kier molecular flexibility index (Phi) is 7.42. The molecule has 10 heteroatoms. The molecule has 1 aromatic heterocycles. The Hall–Kier alpha value is -3.04. The summed E-state index contributed by atoms with van der Waals surface area (Å²) in [6.07, 6.45) is 2.64. The predicted octanol–water partition coefficient (Wildman–Crippen LogP) is 3.87. The number of pyridine rings is 1. The second-order valence-electron chi connectivity index (χ2n) is 11.0. The van der Waals surface area contributed by atoms with Gasteiger partial charge in [0.1, 0.15) is 24.2 Å². The number of aromatic nitrogens is 1. The molecular weight excluding hydrogens is 508 g/mol. The standard InChI is InChI=1S/C28H35ClN4O5/c1-17-14-32(15-18(2)28(17,3)36)24-13-30-23(26(34)31-12-19-4-6-20(29)7-5-19)11-25(24)38-22-8-9-33-21(10-22)16-37-27(33)35/h4-7,11,13,17-18,21-22,36H,8-10,12,14-16H2,1-3H3,(H,31,34)/t17-,18+,21-,22-,28?/m0/s1. The van der Waals surface area contributed by atoms with Crippen molar-refractivity contribution in [3.63, 3.8) is 0 Å². The number of aliphatic hydroxyl groups is 1. The monoisotopic (exact) mass is 542 g/mol. The molecule has 5 atom stereocenters. The van der Waals surface area contributed by atoms with E-state index in [1.54, 1.807) is 29.3 Å². The normalized spacial score (nSPS) is 29.0. The zero-order valence-electron chi connectivity index (χ0n) is 22.0. The van der Waals surface area contributed by atoms with Gasteiger partial charge in [-0.2, -0.15) is 0 Å². The van der Waals surface area contributed by atoms with E-state index in [9.17, 15) is 14.7 Å². The van der Waals surface area contributed by atoms with Gasteiger partial charge in [-0.3, -0.25) is 4.79 Å². The number of fused-ring (bicyclic) bond motifs is 1. The SMILES string of the molecule is C[C@@H]1CN(c2cnc(C(=O)NCc3ccc(Cl)cc3)cc2O[C@H]2CCN3C(=O)OC[C@@H]3C2)C[C@H](C)C1(C)O. The molecule has 2 amide bonds. The lowest BCUT2D eigenvalue weighted by molar-refractivity contribution is -0.0505. The molecule has 5 rings (SSSR count). The van der Waals surface area contributed by atoms with Crippen LogP contribution in [0.15, 0.2) is 36.5 Å². The molecule has 3 saturated heterocycles. The van der Waals surface area contributed by atoms with Gasteiger partial charge in [-0.15, -0.1) is 0 Å². The van der Waals surface area contributed by atoms with Crippen molar-refractivity contribution in [2.24, 2.45) is 11.8 Å². The molecule has 0 bridgehead atoms. The Bertz CT molecular complexity index is 1180. The molecule has 0 aliphatic carbocycles. The molecule has 0 spiro atoms. The molecule has 3 aliphatic heterocycles. The first-order valence-corrected chi connectivity index (χ1v) is 13.6. The maximum Gasteiger partial charge on any atom is 0.410 e. The lowest BCUT2D eigenvalue weighted by atomic mass is 9.76. The molecule has 1 unspecified atom stereocenters. The van der Waals surface area contributed by atoms with Crippen LogP contribution in [-0.4, -0.2) is 71.0 Å². The average Bonchev–Trinajstić information content (AvgIpc) is 3.26. The summed E-state index contributed by atoms with van der Waals surface area (Å²) in [5.74, 6) is 0.350. The number of amides is 2. The summed E-state index contributed by atoms with van der Waals surface area (Å²) in [7, 11) is 0. The van der Waals surface area contributed by atoms with Gasteiger partial charge in [0.05, 0.1) is 23.5 Å². The number of carbonyl (C=O) groups is 2. The summed E-state index contributed by atoms with van der Waals surface area (Å²) < 4.78 is 11.8. The first-order valence-electron chi connectivity index (χ1n) is 13.2. The van der Waals surface area contributed by atoms with Crippen molar-refractivity contribution < 1.29 is 24.2 Å². The molecule has 4 heterocycles. The second kappa shape index (κ2) is 10.6. The van der Waals surface area contributed by atoms with Gasteiger partial charge in [-0.25, -0.2) is 9.78 Å². The van der Waals surface area contributed by atoms with Crippen LogP contribution >= 0.6 is 11.6 Å². The van der Waals surface area contributed by atoms with E-state index in [0.717, 1.165) is 11.3 Å². The van der Waals surface area contributed by atoms with Crippen LogP contribution < -0.4 is 15.0 Å². The average molecular weight is 543 g/mol. The van der Waals surface area contributed by atoms with E-state index in [-0.39, 0.29) is 41.7 Å². The number of rotatable bonds is 6. The number of benzene rings is 1. The van der Waals surface area contributed by atoms with Gasteiger partial charge >= 0.3 is 6.09 Å². The van der Waals surface area contributed by atoms with Crippen molar-refractivity contribution in [3.05, 3.63) is 52.8 Å². The summed E-state index contributed by atoms with van der Waals surface area (Å²) in [6, 6.07) is 9.01. The highest BCUT2D eigenvalue weighted by Gasteiger charge is 2.42. The van der Waals surface area contributed by atoms with E-state index < -0.39 is 5.60 Å². The van der Waals surface area contributed by atoms with E-state index in [4.69, 9.17) is 21.1 Å². The van der Waals surface area contributed by atoms with E-state index in [1.807, 2.05) is 32.9 Å². The van der Waals surface area contributed by atoms with Gasteiger partial charge in [0, 0.05) is 61.9 Å². The van der Waals surface area contributed by atoms with Crippen LogP contribution in [0.25, 0.3) is 0 Å². The number of carbonyl (C=O) groups excluding carboxylic acids is 2. The second-order valence-corrected chi connectivity index (χ2v) is 11.4. The van der Waals surface area contributed by atoms with Gasteiger partial charge in [0.2, 0.25) is 0 Å². The van der Waals surface area contributed by atoms with Crippen molar-refractivity contribution in [3.8, 4) is 5.75 Å². The molecule has 0 saturated carbocycles. The molecule has 9 nitrogen and oxygen atoms in total. The molecule has 38 heavy (non-hydrogen) atoms. The van der Waals surface area contributed by atoms with Crippen LogP contribution in [-0.2, 0) is 11.3 Å². The Balaban J connectivity index is 1.37. The number of nitrogens with one attached hydrogen (secondary N) is 1. The minimum atomic E-state index is -0.770. The molecule has 204 valence electrons. The van der Waals surface area contributed by atoms with Crippen LogP contribution in [0.4, 0.5) is 10.5 Å². The van der Waals surface area contributed by atoms with E-state index in [0.29, 0.717) is 56.4 Å². The number of nitrogens with zero attached hydrogens (tertiary/aromatic N) is 3. The van der Waals surface area contributed by atoms with Crippen LogP contribution in [0, 0.1) is 11.8 Å². The largest absolute Gasteiger partial charge is 0.488 e. The van der Waals surface area contributed by atoms with Gasteiger partial charge in [-0.05, 0) is 24.6 Å². The van der Waals surface area contributed by atoms with E-state index in [2.05, 4.69) is 15.2 Å². The zero-order valence-corrected chi connectivity index (χ0v) is 22.8. The minimum Gasteiger partial charge on any atom is -0.488 e. The molecular formula is C28H35ClN4O5. The highest BCUT2D eigenvalue weighted by Crippen LogP contribution is 2.39. The highest BCUT2D eigenvalue weighted by molar-refractivity contribution is 6.30. The van der Waals surface area contributed by atoms with Crippen LogP contribution in [0.2, 0.25) is 5.02 Å². The van der Waals surface area contributed by atoms with Gasteiger partial charge in [0.25, 0.3) is 5.91 Å². The molecule has 2 aromatic rings. The summed E-state index contributed by atoms with van der Waals surface area (Å²) in [5, 5.41) is 14.5. The van der Waals surface area contributed by atoms with E-state index >= 15 is 0 Å². The quantitative estimate of drug-likeness (QED) is 0.571. The predicted molar refractivity (Wildman–Crippen MR) is 144 cm³/mol. The fourth-order valence-corrected chi connectivity index (χ4v) is 5.62. The number of ether oxygens (including phenoxy) is 2. The first-order chi connectivity index (χ1) is 18.1. The molecule has 3 fully saturated rings. The lowest BCUT2D eigenvalue weighted by Crippen LogP contribution is -2.55. The minimum absolute atomic E-state index is 0.00110. The van der Waals surface area contributed by atoms with Crippen LogP contribution in [0.5, 0.6) is 5.75 Å². The number of hydrogen-bond donors (Lipinski definition) is 2. The topological polar surface area (TPSA) is 104 Å². The summed E-state index contributed by atoms with van der Waals surface area (Å²) in [6.45, 7) is 8.55. The maximum absolute atomic E-state index is 13.0. The summed E-state index contributed by atoms with van der Waals surface area (Å²) in [5.41, 5.74) is 1.22. The van der Waals surface area contributed by atoms with Gasteiger partial charge in [0.15, 0.2) is 0 Å². The van der Waals surface area contributed by atoms with Crippen molar-refractivity contribution in [1.82, 2.24) is 15.2 Å². The Morgan fingerprint density at radius 3 is 2.68 bits per heavy atom. The smallest absolute Gasteiger partial charge is 0.410 e. The number of cyclic esters (lactones) is 1. The Morgan fingerprint density at radius 2 is 1.97 bits per heavy atom. The third-order valence-corrected chi connectivity index (χ3v) is 8.62. The van der Waals surface area contributed by atoms with Gasteiger partial charge in [-0.1, -0.05) is 37.6 Å². The number of hydrogen-bond acceptors (Lipinski definition) is 7.